The molecule has 0 aromatic heterocycles. The fraction of sp³-hybridized carbons (Fsp3) is 0.364. The van der Waals surface area contributed by atoms with Gasteiger partial charge in [-0.15, -0.1) is 0 Å². The van der Waals surface area contributed by atoms with Gasteiger partial charge in [0.2, 0.25) is 11.8 Å². The maximum atomic E-state index is 12.2. The van der Waals surface area contributed by atoms with Crippen LogP contribution in [0.15, 0.2) is 54.6 Å². The Kier molecular flexibility index (Phi) is 8.49. The summed E-state index contributed by atoms with van der Waals surface area (Å²) in [5.74, 6) is 0.615. The maximum absolute atomic E-state index is 12.2. The maximum Gasteiger partial charge on any atom is 0.224 e. The van der Waals surface area contributed by atoms with Crippen molar-refractivity contribution < 1.29 is 14.3 Å². The molecular weight excluding hydrogens is 354 g/mol. The van der Waals surface area contributed by atoms with Gasteiger partial charge in [-0.25, -0.2) is 0 Å². The van der Waals surface area contributed by atoms with Gasteiger partial charge in [-0.1, -0.05) is 48.5 Å². The largest absolute Gasteiger partial charge is 0.496 e. The van der Waals surface area contributed by atoms with E-state index >= 15 is 0 Å². The van der Waals surface area contributed by atoms with Crippen LogP contribution in [0.5, 0.6) is 5.75 Å². The monoisotopic (exact) mass is 383 g/mol. The minimum atomic E-state index is -0.0956. The third-order valence-corrected chi connectivity index (χ3v) is 4.50. The number of methoxy groups -OCH3 is 1. The molecule has 0 aliphatic carbocycles. The Balaban J connectivity index is 1.78. The van der Waals surface area contributed by atoms with Crippen molar-refractivity contribution >= 4 is 11.8 Å². The van der Waals surface area contributed by atoms with Gasteiger partial charge < -0.3 is 20.3 Å². The molecule has 0 radical (unpaired) electrons. The van der Waals surface area contributed by atoms with Crippen LogP contribution in [0.1, 0.15) is 23.6 Å². The van der Waals surface area contributed by atoms with E-state index in [2.05, 4.69) is 10.6 Å². The van der Waals surface area contributed by atoms with Gasteiger partial charge in [0.15, 0.2) is 0 Å². The van der Waals surface area contributed by atoms with Gasteiger partial charge >= 0.3 is 0 Å². The number of para-hydroxylation sites is 1. The van der Waals surface area contributed by atoms with E-state index in [1.54, 1.807) is 7.11 Å². The van der Waals surface area contributed by atoms with Gasteiger partial charge in [-0.2, -0.15) is 0 Å². The van der Waals surface area contributed by atoms with E-state index in [4.69, 9.17) is 4.74 Å². The van der Waals surface area contributed by atoms with Crippen LogP contribution in [0, 0.1) is 0 Å². The highest BCUT2D eigenvalue weighted by atomic mass is 16.5. The molecule has 6 nitrogen and oxygen atoms in total. The summed E-state index contributed by atoms with van der Waals surface area (Å²) in [6.45, 7) is 0.781. The number of hydrogen-bond donors (Lipinski definition) is 2. The second kappa shape index (κ2) is 11.1. The summed E-state index contributed by atoms with van der Waals surface area (Å²) in [5.41, 5.74) is 1.97. The number of benzene rings is 2. The van der Waals surface area contributed by atoms with E-state index in [1.165, 1.54) is 0 Å². The second-order valence-electron chi connectivity index (χ2n) is 6.79. The van der Waals surface area contributed by atoms with Crippen LogP contribution in [0.25, 0.3) is 0 Å². The minimum Gasteiger partial charge on any atom is -0.496 e. The molecular formula is C22H29N3O3. The molecule has 6 heteroatoms. The van der Waals surface area contributed by atoms with Gasteiger partial charge in [0.05, 0.1) is 19.6 Å². The van der Waals surface area contributed by atoms with Crippen molar-refractivity contribution in [1.29, 1.82) is 0 Å². The number of rotatable bonds is 10. The van der Waals surface area contributed by atoms with Crippen molar-refractivity contribution in [2.24, 2.45) is 0 Å². The zero-order valence-electron chi connectivity index (χ0n) is 16.8. The topological polar surface area (TPSA) is 70.7 Å². The summed E-state index contributed by atoms with van der Waals surface area (Å²) in [5, 5.41) is 5.74. The molecule has 0 aliphatic rings. The fourth-order valence-corrected chi connectivity index (χ4v) is 2.97. The van der Waals surface area contributed by atoms with E-state index in [9.17, 15) is 9.59 Å². The average Bonchev–Trinajstić information content (AvgIpc) is 2.69. The second-order valence-corrected chi connectivity index (χ2v) is 6.79. The minimum absolute atomic E-state index is 0.00669. The first kappa shape index (κ1) is 21.4. The Morgan fingerprint density at radius 3 is 2.32 bits per heavy atom. The first-order valence-electron chi connectivity index (χ1n) is 9.38. The zero-order valence-corrected chi connectivity index (χ0v) is 16.8. The number of likely N-dealkylation sites (N-methyl/N-ethyl adjacent to an activating group) is 1. The number of carbonyl (C=O) groups excluding carboxylic acids is 2. The van der Waals surface area contributed by atoms with E-state index in [0.29, 0.717) is 19.5 Å². The van der Waals surface area contributed by atoms with Crippen molar-refractivity contribution in [2.75, 3.05) is 34.3 Å². The van der Waals surface area contributed by atoms with Crippen molar-refractivity contribution in [3.63, 3.8) is 0 Å². The number of amides is 2. The van der Waals surface area contributed by atoms with Crippen LogP contribution in [0.2, 0.25) is 0 Å². The third kappa shape index (κ3) is 6.70. The lowest BCUT2D eigenvalue weighted by Gasteiger charge is -2.26. The highest BCUT2D eigenvalue weighted by Gasteiger charge is 2.19. The lowest BCUT2D eigenvalue weighted by atomic mass is 10.0. The van der Waals surface area contributed by atoms with Crippen LogP contribution < -0.4 is 15.4 Å². The Morgan fingerprint density at radius 2 is 1.64 bits per heavy atom. The molecule has 0 saturated heterocycles. The highest BCUT2D eigenvalue weighted by molar-refractivity contribution is 5.80. The lowest BCUT2D eigenvalue weighted by Crippen LogP contribution is -2.36. The Bertz CT molecular complexity index is 763. The van der Waals surface area contributed by atoms with Gasteiger partial charge in [-0.3, -0.25) is 9.59 Å². The van der Waals surface area contributed by atoms with Gasteiger partial charge in [0, 0.05) is 25.1 Å². The van der Waals surface area contributed by atoms with E-state index in [0.717, 1.165) is 16.9 Å². The molecule has 0 saturated carbocycles. The number of nitrogens with one attached hydrogen (secondary N) is 2. The average molecular weight is 383 g/mol. The smallest absolute Gasteiger partial charge is 0.224 e. The van der Waals surface area contributed by atoms with Crippen molar-refractivity contribution in [3.05, 3.63) is 65.7 Å². The van der Waals surface area contributed by atoms with Crippen LogP contribution in [-0.4, -0.2) is 51.0 Å². The molecule has 0 fully saturated rings. The fourth-order valence-electron chi connectivity index (χ4n) is 2.97. The van der Waals surface area contributed by atoms with Crippen LogP contribution in [-0.2, 0) is 16.0 Å². The summed E-state index contributed by atoms with van der Waals surface area (Å²) >= 11 is 0. The van der Waals surface area contributed by atoms with Crippen molar-refractivity contribution in [3.8, 4) is 5.75 Å². The summed E-state index contributed by atoms with van der Waals surface area (Å²) in [6.07, 6.45) is 0.561. The predicted octanol–water partition coefficient (Wildman–Crippen LogP) is 2.16. The number of hydrogen-bond acceptors (Lipinski definition) is 4. The molecule has 0 heterocycles. The Morgan fingerprint density at radius 1 is 0.964 bits per heavy atom. The van der Waals surface area contributed by atoms with Crippen molar-refractivity contribution in [1.82, 2.24) is 15.5 Å². The van der Waals surface area contributed by atoms with Gasteiger partial charge in [-0.05, 0) is 25.7 Å². The zero-order chi connectivity index (χ0) is 20.4. The molecule has 0 spiro atoms. The predicted molar refractivity (Wildman–Crippen MR) is 110 cm³/mol. The molecule has 28 heavy (non-hydrogen) atoms. The third-order valence-electron chi connectivity index (χ3n) is 4.50. The molecule has 0 aliphatic heterocycles. The molecule has 0 bridgehead atoms. The molecule has 2 aromatic carbocycles. The first-order valence-corrected chi connectivity index (χ1v) is 9.38. The Labute approximate surface area is 166 Å². The van der Waals surface area contributed by atoms with Crippen LogP contribution >= 0.6 is 0 Å². The van der Waals surface area contributed by atoms with E-state index in [-0.39, 0.29) is 24.3 Å². The summed E-state index contributed by atoms with van der Waals surface area (Å²) < 4.78 is 5.44. The molecule has 1 unspecified atom stereocenters. The van der Waals surface area contributed by atoms with Gasteiger partial charge in [0.1, 0.15) is 5.75 Å². The number of carbonyl (C=O) groups is 2. The lowest BCUT2D eigenvalue weighted by molar-refractivity contribution is -0.122. The van der Waals surface area contributed by atoms with Crippen molar-refractivity contribution in [2.45, 2.75) is 18.9 Å². The molecule has 150 valence electrons. The summed E-state index contributed by atoms with van der Waals surface area (Å²) in [6, 6.07) is 17.3. The molecule has 2 amide bonds. The van der Waals surface area contributed by atoms with Crippen LogP contribution in [0.3, 0.4) is 0 Å². The normalized spacial score (nSPS) is 11.7. The molecule has 1 atom stereocenters. The number of nitrogens with zero attached hydrogens (tertiary/aromatic N) is 1. The van der Waals surface area contributed by atoms with E-state index < -0.39 is 0 Å². The SMILES string of the molecule is COc1ccccc1C(CNC(=O)CCNC(=O)Cc1ccccc1)N(C)C. The Hall–Kier alpha value is -2.86. The summed E-state index contributed by atoms with van der Waals surface area (Å²) in [4.78, 5) is 26.2. The molecule has 2 aromatic rings. The molecule has 2 N–H and O–H groups in total. The van der Waals surface area contributed by atoms with Crippen LogP contribution in [0.4, 0.5) is 0 Å². The number of ether oxygens (including phenoxy) is 1. The highest BCUT2D eigenvalue weighted by Crippen LogP contribution is 2.27. The quantitative estimate of drug-likeness (QED) is 0.660. The van der Waals surface area contributed by atoms with Gasteiger partial charge in [0.25, 0.3) is 0 Å². The van der Waals surface area contributed by atoms with E-state index in [1.807, 2.05) is 73.6 Å². The summed E-state index contributed by atoms with van der Waals surface area (Å²) in [7, 11) is 5.57. The standard InChI is InChI=1S/C22H29N3O3/c1-25(2)19(18-11-7-8-12-20(18)28-3)16-24-21(26)13-14-23-22(27)15-17-9-5-4-6-10-17/h4-12,19H,13-16H2,1-3H3,(H,23,27)(H,24,26). The molecule has 2 rings (SSSR count). The first-order chi connectivity index (χ1) is 13.5.